The summed E-state index contributed by atoms with van der Waals surface area (Å²) in [6, 6.07) is 8.04. The Morgan fingerprint density at radius 2 is 1.69 bits per heavy atom. The molecule has 10 heteroatoms. The molecule has 240 valence electrons. The van der Waals surface area contributed by atoms with Crippen LogP contribution < -0.4 is 15.0 Å². The van der Waals surface area contributed by atoms with Gasteiger partial charge < -0.3 is 19.2 Å². The van der Waals surface area contributed by atoms with Crippen LogP contribution in [0.25, 0.3) is 11.3 Å². The topological polar surface area (TPSA) is 120 Å². The second kappa shape index (κ2) is 14.0. The van der Waals surface area contributed by atoms with Crippen molar-refractivity contribution in [3.8, 4) is 17.0 Å². The highest BCUT2D eigenvalue weighted by Crippen LogP contribution is 2.41. The van der Waals surface area contributed by atoms with E-state index in [0.29, 0.717) is 36.7 Å². The van der Waals surface area contributed by atoms with Crippen molar-refractivity contribution in [2.75, 3.05) is 32.2 Å². The maximum atomic E-state index is 14.3. The van der Waals surface area contributed by atoms with E-state index in [1.807, 2.05) is 30.0 Å². The van der Waals surface area contributed by atoms with Crippen molar-refractivity contribution in [3.63, 3.8) is 0 Å². The van der Waals surface area contributed by atoms with Crippen LogP contribution in [0.15, 0.2) is 41.1 Å². The van der Waals surface area contributed by atoms with Crippen LogP contribution in [0.4, 0.5) is 10.6 Å². The highest BCUT2D eigenvalue weighted by molar-refractivity contribution is 5.94. The van der Waals surface area contributed by atoms with E-state index < -0.39 is 6.09 Å². The molecule has 0 saturated heterocycles. The number of amides is 2. The number of nitrogens with zero attached hydrogens (tertiary/aromatic N) is 4. The number of ether oxygens (including phenoxy) is 2. The Bertz CT molecular complexity index is 1470. The summed E-state index contributed by atoms with van der Waals surface area (Å²) in [5.41, 5.74) is 3.75. The molecule has 3 fully saturated rings. The smallest absolute Gasteiger partial charge is 0.406 e. The van der Waals surface area contributed by atoms with Gasteiger partial charge in [0.25, 0.3) is 0 Å². The molecule has 0 spiro atoms. The second-order valence-corrected chi connectivity index (χ2v) is 13.0. The van der Waals surface area contributed by atoms with Crippen molar-refractivity contribution in [3.05, 3.63) is 54.0 Å². The summed E-state index contributed by atoms with van der Waals surface area (Å²) in [6.07, 6.45) is 12.7. The molecule has 3 aromatic rings. The van der Waals surface area contributed by atoms with E-state index in [0.717, 1.165) is 98.5 Å². The van der Waals surface area contributed by atoms with Gasteiger partial charge in [-0.15, -0.1) is 0 Å². The summed E-state index contributed by atoms with van der Waals surface area (Å²) in [4.78, 5) is 42.1. The van der Waals surface area contributed by atoms with E-state index in [1.165, 1.54) is 0 Å². The number of hydrogen-bond acceptors (Lipinski definition) is 8. The monoisotopic (exact) mass is 615 g/mol. The number of carbonyl (C=O) groups is 2. The molecule has 0 aromatic carbocycles. The predicted molar refractivity (Wildman–Crippen MR) is 170 cm³/mol. The Balaban J connectivity index is 1.16. The zero-order valence-corrected chi connectivity index (χ0v) is 26.7. The van der Waals surface area contributed by atoms with Gasteiger partial charge in [-0.05, 0) is 107 Å². The Morgan fingerprint density at radius 1 is 0.956 bits per heavy atom. The van der Waals surface area contributed by atoms with Crippen molar-refractivity contribution >= 4 is 17.8 Å². The van der Waals surface area contributed by atoms with E-state index in [2.05, 4.69) is 11.4 Å². The van der Waals surface area contributed by atoms with Crippen molar-refractivity contribution in [2.45, 2.75) is 83.0 Å². The van der Waals surface area contributed by atoms with Gasteiger partial charge in [0.05, 0.1) is 19.4 Å². The molecule has 0 unspecified atom stereocenters. The number of nitrogens with one attached hydrogen (secondary N) is 1. The Hall–Kier alpha value is -3.95. The van der Waals surface area contributed by atoms with E-state index in [4.69, 9.17) is 28.8 Å². The fourth-order valence-electron chi connectivity index (χ4n) is 6.93. The van der Waals surface area contributed by atoms with Crippen LogP contribution in [-0.4, -0.2) is 54.3 Å². The second-order valence-electron chi connectivity index (χ2n) is 13.0. The van der Waals surface area contributed by atoms with Crippen LogP contribution in [-0.2, 0) is 9.53 Å². The quantitative estimate of drug-likeness (QED) is 0.265. The minimum Gasteiger partial charge on any atom is -0.495 e. The van der Waals surface area contributed by atoms with Crippen molar-refractivity contribution in [1.29, 1.82) is 0 Å². The molecular formula is C35H45N5O5. The lowest BCUT2D eigenvalue weighted by Gasteiger charge is -2.35. The number of oxazole rings is 1. The normalized spacial score (nSPS) is 23.3. The highest BCUT2D eigenvalue weighted by atomic mass is 16.5. The Morgan fingerprint density at radius 3 is 2.38 bits per heavy atom. The standard InChI is InChI=1S/C35H45N5O5/c1-22-31(43-3)15-14-29(38-22)25-8-4-23(5-9-25)19-40(34(41)27-10-6-24(7-11-27)20-45-35(42)36-2)32-18-28(16-17-37-32)30-21-44-33(39-30)26-12-13-26/h14-18,21,23-27H,4-13,19-20H2,1-3H3,(H,36,42). The maximum Gasteiger partial charge on any atom is 0.406 e. The molecule has 3 aliphatic rings. The van der Waals surface area contributed by atoms with Crippen molar-refractivity contribution in [2.24, 2.45) is 17.8 Å². The SMILES string of the molecule is CNC(=O)OCC1CCC(C(=O)N(CC2CCC(c3ccc(OC)c(C)n3)CC2)c2cc(-c3coc(C4CC4)n3)ccn2)CC1. The third-order valence-electron chi connectivity index (χ3n) is 9.87. The maximum absolute atomic E-state index is 14.3. The van der Waals surface area contributed by atoms with E-state index >= 15 is 0 Å². The third kappa shape index (κ3) is 7.48. The summed E-state index contributed by atoms with van der Waals surface area (Å²) >= 11 is 0. The minimum atomic E-state index is -0.408. The molecule has 1 N–H and O–H groups in total. The van der Waals surface area contributed by atoms with E-state index in [-0.39, 0.29) is 17.7 Å². The van der Waals surface area contributed by atoms with Gasteiger partial charge in [0.15, 0.2) is 5.89 Å². The molecule has 3 aliphatic carbocycles. The van der Waals surface area contributed by atoms with Gasteiger partial charge in [-0.3, -0.25) is 14.7 Å². The van der Waals surface area contributed by atoms with Crippen LogP contribution in [0, 0.1) is 24.7 Å². The van der Waals surface area contributed by atoms with Gasteiger partial charge in [0, 0.05) is 48.8 Å². The molecular weight excluding hydrogens is 570 g/mol. The van der Waals surface area contributed by atoms with Crippen molar-refractivity contribution in [1.82, 2.24) is 20.3 Å². The molecule has 3 saturated carbocycles. The molecule has 45 heavy (non-hydrogen) atoms. The number of pyridine rings is 2. The fraction of sp³-hybridized carbons (Fsp3) is 0.571. The molecule has 0 atom stereocenters. The zero-order valence-electron chi connectivity index (χ0n) is 26.7. The molecule has 6 rings (SSSR count). The van der Waals surface area contributed by atoms with Crippen LogP contribution in [0.5, 0.6) is 5.75 Å². The Kier molecular flexibility index (Phi) is 9.66. The average molecular weight is 616 g/mol. The first kappa shape index (κ1) is 31.0. The number of rotatable bonds is 10. The zero-order chi connectivity index (χ0) is 31.3. The van der Waals surface area contributed by atoms with Crippen LogP contribution in [0.2, 0.25) is 0 Å². The van der Waals surface area contributed by atoms with Gasteiger partial charge in [0.1, 0.15) is 23.5 Å². The molecule has 10 nitrogen and oxygen atoms in total. The summed E-state index contributed by atoms with van der Waals surface area (Å²) in [5.74, 6) is 3.85. The molecule has 2 amide bonds. The van der Waals surface area contributed by atoms with E-state index in [1.54, 1.807) is 26.6 Å². The highest BCUT2D eigenvalue weighted by Gasteiger charge is 2.34. The average Bonchev–Trinajstić information content (AvgIpc) is 3.82. The van der Waals surface area contributed by atoms with Gasteiger partial charge >= 0.3 is 6.09 Å². The first-order valence-electron chi connectivity index (χ1n) is 16.5. The molecule has 0 bridgehead atoms. The lowest BCUT2D eigenvalue weighted by molar-refractivity contribution is -0.124. The third-order valence-corrected chi connectivity index (χ3v) is 9.87. The molecule has 3 aromatic heterocycles. The van der Waals surface area contributed by atoms with Gasteiger partial charge in [0.2, 0.25) is 5.91 Å². The number of methoxy groups -OCH3 is 1. The lowest BCUT2D eigenvalue weighted by atomic mass is 9.79. The summed E-state index contributed by atoms with van der Waals surface area (Å²) < 4.78 is 16.5. The largest absolute Gasteiger partial charge is 0.495 e. The number of anilines is 1. The number of aromatic nitrogens is 3. The first-order chi connectivity index (χ1) is 21.9. The van der Waals surface area contributed by atoms with Crippen LogP contribution in [0.1, 0.15) is 93.3 Å². The van der Waals surface area contributed by atoms with Gasteiger partial charge in [-0.25, -0.2) is 14.8 Å². The lowest BCUT2D eigenvalue weighted by Crippen LogP contribution is -2.42. The Labute approximate surface area is 265 Å². The van der Waals surface area contributed by atoms with Crippen LogP contribution in [0.3, 0.4) is 0 Å². The van der Waals surface area contributed by atoms with E-state index in [9.17, 15) is 9.59 Å². The predicted octanol–water partition coefficient (Wildman–Crippen LogP) is 6.80. The summed E-state index contributed by atoms with van der Waals surface area (Å²) in [6.45, 7) is 3.02. The number of aryl methyl sites for hydroxylation is 1. The molecule has 0 aliphatic heterocycles. The van der Waals surface area contributed by atoms with Crippen molar-refractivity contribution < 1.29 is 23.5 Å². The first-order valence-corrected chi connectivity index (χ1v) is 16.5. The van der Waals surface area contributed by atoms with Crippen LogP contribution >= 0.6 is 0 Å². The molecule has 3 heterocycles. The summed E-state index contributed by atoms with van der Waals surface area (Å²) in [5, 5.41) is 2.50. The number of hydrogen-bond donors (Lipinski definition) is 1. The molecule has 0 radical (unpaired) electrons. The van der Waals surface area contributed by atoms with Gasteiger partial charge in [-0.2, -0.15) is 0 Å². The minimum absolute atomic E-state index is 0.0805. The number of alkyl carbamates (subject to hydrolysis) is 1. The summed E-state index contributed by atoms with van der Waals surface area (Å²) in [7, 11) is 3.24. The number of carbonyl (C=O) groups excluding carboxylic acids is 2. The van der Waals surface area contributed by atoms with Gasteiger partial charge in [-0.1, -0.05) is 0 Å². The fourth-order valence-corrected chi connectivity index (χ4v) is 6.93.